The lowest BCUT2D eigenvalue weighted by molar-refractivity contribution is -0.384. The van der Waals surface area contributed by atoms with Crippen molar-refractivity contribution in [3.63, 3.8) is 0 Å². The van der Waals surface area contributed by atoms with Crippen molar-refractivity contribution in [2.75, 3.05) is 11.9 Å². The number of carbonyl (C=O) groups excluding carboxylic acids is 1. The van der Waals surface area contributed by atoms with Crippen molar-refractivity contribution in [1.29, 1.82) is 0 Å². The highest BCUT2D eigenvalue weighted by Crippen LogP contribution is 2.73. The van der Waals surface area contributed by atoms with Crippen molar-refractivity contribution in [2.24, 2.45) is 185 Å². The number of rotatable bonds is 25. The van der Waals surface area contributed by atoms with Gasteiger partial charge in [0.05, 0.1) is 34.1 Å². The molecule has 17 aliphatic rings. The summed E-state index contributed by atoms with van der Waals surface area (Å²) in [6.07, 6.45) is 72.4. The average molecular weight is 1860 g/mol. The van der Waals surface area contributed by atoms with E-state index in [2.05, 4.69) is 163 Å². The maximum Gasteiger partial charge on any atom is 0.338 e. The summed E-state index contributed by atoms with van der Waals surface area (Å²) >= 11 is 9.53. The monoisotopic (exact) mass is 1860 g/mol. The lowest BCUT2D eigenvalue weighted by atomic mass is 9.47. The van der Waals surface area contributed by atoms with Gasteiger partial charge in [-0.1, -0.05) is 262 Å². The number of aliphatic hydroxyl groups is 2. The van der Waals surface area contributed by atoms with E-state index in [4.69, 9.17) is 37.4 Å². The van der Waals surface area contributed by atoms with Gasteiger partial charge in [-0.25, -0.2) is 4.79 Å². The number of nitrogens with zero attached hydrogens (tertiary/aromatic N) is 1. The van der Waals surface area contributed by atoms with E-state index in [0.29, 0.717) is 49.6 Å². The van der Waals surface area contributed by atoms with E-state index in [1.807, 2.05) is 0 Å². The number of nitro benzene ring substituents is 1. The van der Waals surface area contributed by atoms with E-state index in [9.17, 15) is 25.1 Å². The summed E-state index contributed by atoms with van der Waals surface area (Å²) in [7, 11) is 0. The van der Waals surface area contributed by atoms with Crippen molar-refractivity contribution in [2.45, 2.75) is 471 Å². The number of hydrogen-bond donors (Lipinski definition) is 2. The number of fused-ring (bicyclic) bond motifs is 20. The standard InChI is InChI=1S/C34H49NO4.C32H54O2.2C27H46O.CH2Cl2/c1-22(2)7-6-8-23(3)29-15-16-30-28-14-11-25-21-27(17-19-33(25,4)31(28)18-20-34(29,30)5)39-32(36)24-9-12-26(13-10-24)35(37)38;1-22(2)9-8-10-23(3)27-14-15-28-26-13-12-24-21-25(34-30-11-6-7-20-33-30)16-18-31(24,4)29(26)17-19-32(27,28)5;2*1-18(2)7-6-8-19(3)23-11-12-24-22-10-9-20-17-21(28)13-15-26(20,4)25(22)14-16-27(23,24)5;2-1-3/h9-13,22-23,27-31H,6-8,14-21H2,1-5H3;12,22-23,25-30H,6-11,13-21H2,1-5H3;2*9,18-19,21-25,28H,6-8,10-17H2,1-5H3;1H2/t23?,27-,28?,29-,30?,31?,33+,34-;23?,25-,26?,27-,28?,29?,30?,31+,32-;19?,21-,22?,23+,24?,25?,26-,27+;19?,21-,22?,23-,24?,25?,26+,27-;/m1101./s1. The third-order valence-corrected chi connectivity index (χ3v) is 44.1. The van der Waals surface area contributed by atoms with Crippen molar-refractivity contribution < 1.29 is 34.1 Å². The first-order chi connectivity index (χ1) is 62.8. The predicted octanol–water partition coefficient (Wildman–Crippen LogP) is 34.3. The Morgan fingerprint density at radius 1 is 0.394 bits per heavy atom. The Hall–Kier alpha value is -2.53. The minimum absolute atomic E-state index is 0.0142. The van der Waals surface area contributed by atoms with Crippen LogP contribution in [0.3, 0.4) is 0 Å². The van der Waals surface area contributed by atoms with Crippen LogP contribution in [0.5, 0.6) is 0 Å². The molecule has 12 saturated carbocycles. The molecule has 18 rings (SSSR count). The Kier molecular flexibility index (Phi) is 35.5. The van der Waals surface area contributed by atoms with Crippen LogP contribution in [0.1, 0.15) is 451 Å². The smallest absolute Gasteiger partial charge is 0.338 e. The lowest BCUT2D eigenvalue weighted by Crippen LogP contribution is -2.51. The topological polar surface area (TPSA) is 128 Å². The Morgan fingerprint density at radius 3 is 1.00 bits per heavy atom. The van der Waals surface area contributed by atoms with Gasteiger partial charge in [0.15, 0.2) is 6.29 Å². The van der Waals surface area contributed by atoms with Crippen LogP contribution < -0.4 is 0 Å². The molecule has 17 unspecified atom stereocenters. The molecular weight excluding hydrogens is 1670 g/mol. The number of esters is 1. The van der Waals surface area contributed by atoms with Crippen LogP contribution in [0.15, 0.2) is 70.9 Å². The molecule has 1 saturated heterocycles. The van der Waals surface area contributed by atoms with Crippen molar-refractivity contribution >= 4 is 34.9 Å². The van der Waals surface area contributed by atoms with Crippen LogP contribution in [0.25, 0.3) is 0 Å². The van der Waals surface area contributed by atoms with Gasteiger partial charge < -0.3 is 24.4 Å². The molecule has 0 aromatic heterocycles. The highest BCUT2D eigenvalue weighted by molar-refractivity contribution is 6.40. The number of allylic oxidation sites excluding steroid dienone is 4. The maximum atomic E-state index is 12.8. The number of non-ortho nitro benzene ring substituents is 1. The van der Waals surface area contributed by atoms with E-state index < -0.39 is 4.92 Å². The van der Waals surface area contributed by atoms with Gasteiger partial charge in [0.25, 0.3) is 5.69 Å². The molecule has 0 radical (unpaired) electrons. The summed E-state index contributed by atoms with van der Waals surface area (Å²) in [4.78, 5) is 23.3. The van der Waals surface area contributed by atoms with Gasteiger partial charge in [-0.05, 0) is 416 Å². The summed E-state index contributed by atoms with van der Waals surface area (Å²) in [5.74, 6) is 21.0. The minimum atomic E-state index is -0.450. The second kappa shape index (κ2) is 44.5. The molecule has 9 nitrogen and oxygen atoms in total. The summed E-state index contributed by atoms with van der Waals surface area (Å²) in [6, 6.07) is 5.73. The number of hydrogen-bond acceptors (Lipinski definition) is 8. The maximum absolute atomic E-state index is 12.8. The second-order valence-electron chi connectivity index (χ2n) is 52.9. The third kappa shape index (κ3) is 22.1. The van der Waals surface area contributed by atoms with Crippen LogP contribution in [0, 0.1) is 195 Å². The number of carbonyl (C=O) groups is 1. The zero-order valence-corrected chi connectivity index (χ0v) is 89.6. The summed E-state index contributed by atoms with van der Waals surface area (Å²) in [5.41, 5.74) is 10.6. The van der Waals surface area contributed by atoms with Crippen molar-refractivity contribution in [3.8, 4) is 0 Å². The number of benzene rings is 1. The van der Waals surface area contributed by atoms with E-state index in [1.165, 1.54) is 274 Å². The first kappa shape index (κ1) is 105. The van der Waals surface area contributed by atoms with Gasteiger partial charge in [0.2, 0.25) is 0 Å². The van der Waals surface area contributed by atoms with Crippen LogP contribution in [0.2, 0.25) is 0 Å². The van der Waals surface area contributed by atoms with E-state index in [0.717, 1.165) is 206 Å². The quantitative estimate of drug-likeness (QED) is 0.0326. The fourth-order valence-electron chi connectivity index (χ4n) is 36.8. The molecule has 1 heterocycles. The van der Waals surface area contributed by atoms with Gasteiger partial charge in [-0.2, -0.15) is 0 Å². The average Bonchev–Trinajstić information content (AvgIpc) is 1.37. The molecule has 0 amide bonds. The molecule has 1 aromatic carbocycles. The first-order valence-electron chi connectivity index (χ1n) is 56.7. The number of halogens is 2. The largest absolute Gasteiger partial charge is 0.458 e. The lowest BCUT2D eigenvalue weighted by Gasteiger charge is -2.58. The van der Waals surface area contributed by atoms with Crippen LogP contribution in [-0.4, -0.2) is 63.8 Å². The zero-order valence-electron chi connectivity index (χ0n) is 88.1. The molecular formula is C121H197Cl2NO8. The molecule has 33 atom stereocenters. The molecule has 1 aromatic rings. The molecule has 0 spiro atoms. The minimum Gasteiger partial charge on any atom is -0.458 e. The highest BCUT2D eigenvalue weighted by atomic mass is 35.5. The Morgan fingerprint density at radius 2 is 0.697 bits per heavy atom. The molecule has 13 fully saturated rings. The molecule has 0 bridgehead atoms. The fraction of sp³-hybridized carbons (Fsp3) is 0.876. The van der Waals surface area contributed by atoms with E-state index >= 15 is 0 Å². The predicted molar refractivity (Wildman–Crippen MR) is 552 cm³/mol. The number of aliphatic hydroxyl groups excluding tert-OH is 2. The first-order valence-corrected chi connectivity index (χ1v) is 57.8. The van der Waals surface area contributed by atoms with Gasteiger partial charge in [-0.3, -0.25) is 10.1 Å². The molecule has 16 aliphatic carbocycles. The van der Waals surface area contributed by atoms with Crippen molar-refractivity contribution in [1.82, 2.24) is 0 Å². The van der Waals surface area contributed by atoms with Gasteiger partial charge >= 0.3 is 5.97 Å². The van der Waals surface area contributed by atoms with E-state index in [-0.39, 0.29) is 47.0 Å². The summed E-state index contributed by atoms with van der Waals surface area (Å²) < 4.78 is 18.3. The Balaban J connectivity index is 0.000000141. The number of ether oxygens (including phenoxy) is 3. The fourth-order valence-corrected chi connectivity index (χ4v) is 36.8. The summed E-state index contributed by atoms with van der Waals surface area (Å²) in [6.45, 7) is 51.2. The summed E-state index contributed by atoms with van der Waals surface area (Å²) in [5, 5.41) is 31.5. The highest BCUT2D eigenvalue weighted by Gasteiger charge is 2.65. The zero-order chi connectivity index (χ0) is 94.8. The van der Waals surface area contributed by atoms with Gasteiger partial charge in [-0.15, -0.1) is 23.2 Å². The second-order valence-corrected chi connectivity index (χ2v) is 53.7. The molecule has 2 N–H and O–H groups in total. The third-order valence-electron chi connectivity index (χ3n) is 44.1. The number of nitro groups is 1. The van der Waals surface area contributed by atoms with Crippen molar-refractivity contribution in [3.05, 3.63) is 86.5 Å². The van der Waals surface area contributed by atoms with Crippen LogP contribution >= 0.6 is 23.2 Å². The normalized spacial score (nSPS) is 42.3. The Bertz CT molecular complexity index is 3920. The van der Waals surface area contributed by atoms with Crippen LogP contribution in [0.4, 0.5) is 5.69 Å². The molecule has 132 heavy (non-hydrogen) atoms. The molecule has 1 aliphatic heterocycles. The van der Waals surface area contributed by atoms with Gasteiger partial charge in [0.1, 0.15) is 6.10 Å². The number of alkyl halides is 2. The van der Waals surface area contributed by atoms with E-state index in [1.54, 1.807) is 16.7 Å². The SMILES string of the molecule is CC(C)CCCC(C)[C@H]1CCC2C3CC=C4C[C@@H](O)CC[C@]4(C)C3CC[C@@]21C.CC(C)CCCC(C)[C@H]1CCC2C3CC=C4C[C@H](O)CC[C@]4(C)C3CC[C@@]21C.CC(C)CCCC(C)[C@H]1CCC2C3CC=C4C[C@H](OC(=O)c5ccc([N+](=O)[O-])cc5)CC[C@]4(C)C3CC[C@@]21C.CC(C)CCCC(C)[C@H]1CCC2C3CC=C4C[C@H](OC5CCCCO5)CC[C@]4(C)C3CC[C@@]21C.ClCCl. The van der Waals surface area contributed by atoms with Gasteiger partial charge in [0, 0.05) is 25.2 Å². The van der Waals surface area contributed by atoms with Crippen LogP contribution in [-0.2, 0) is 14.2 Å². The Labute approximate surface area is 818 Å². The molecule has 11 heteroatoms. The molecule has 748 valence electrons.